The number of sulfonamides is 1. The molecule has 3 heterocycles. The van der Waals surface area contributed by atoms with Crippen LogP contribution < -0.4 is 0 Å². The second-order valence-electron chi connectivity index (χ2n) is 4.89. The summed E-state index contributed by atoms with van der Waals surface area (Å²) in [4.78, 5) is 4.43. The van der Waals surface area contributed by atoms with E-state index in [1.54, 1.807) is 17.1 Å². The molecule has 1 aliphatic heterocycles. The van der Waals surface area contributed by atoms with Crippen LogP contribution in [0.4, 0.5) is 0 Å². The van der Waals surface area contributed by atoms with Crippen LogP contribution in [-0.4, -0.2) is 45.1 Å². The Labute approximate surface area is 117 Å². The minimum atomic E-state index is -3.41. The largest absolute Gasteiger partial charge is 0.329 e. The van der Waals surface area contributed by atoms with Crippen molar-refractivity contribution in [1.29, 1.82) is 0 Å². The summed E-state index contributed by atoms with van der Waals surface area (Å²) in [6.45, 7) is 5.47. The summed E-state index contributed by atoms with van der Waals surface area (Å²) in [7, 11) is -3.41. The van der Waals surface area contributed by atoms with Gasteiger partial charge in [0.05, 0.1) is 12.2 Å². The SMILES string of the molecule is CCn1cc(S(=O)(=O)N2CC(n3ccnc3C)C2)cn1. The Morgan fingerprint density at radius 1 is 1.40 bits per heavy atom. The van der Waals surface area contributed by atoms with Crippen LogP contribution in [0.3, 0.4) is 0 Å². The van der Waals surface area contributed by atoms with Crippen molar-refractivity contribution in [3.05, 3.63) is 30.6 Å². The van der Waals surface area contributed by atoms with E-state index in [0.717, 1.165) is 5.82 Å². The molecule has 0 spiro atoms. The lowest BCUT2D eigenvalue weighted by atomic mass is 10.2. The van der Waals surface area contributed by atoms with Crippen LogP contribution in [-0.2, 0) is 16.6 Å². The first-order valence-corrected chi connectivity index (χ1v) is 7.98. The maximum atomic E-state index is 12.4. The van der Waals surface area contributed by atoms with Gasteiger partial charge in [-0.05, 0) is 13.8 Å². The van der Waals surface area contributed by atoms with Gasteiger partial charge in [-0.15, -0.1) is 0 Å². The van der Waals surface area contributed by atoms with E-state index in [0.29, 0.717) is 19.6 Å². The smallest absolute Gasteiger partial charge is 0.246 e. The molecule has 2 aromatic heterocycles. The molecule has 0 aromatic carbocycles. The number of rotatable bonds is 4. The molecule has 0 N–H and O–H groups in total. The van der Waals surface area contributed by atoms with Gasteiger partial charge in [0.2, 0.25) is 10.0 Å². The molecular weight excluding hydrogens is 278 g/mol. The predicted molar refractivity (Wildman–Crippen MR) is 72.7 cm³/mol. The van der Waals surface area contributed by atoms with Crippen LogP contribution in [0, 0.1) is 6.92 Å². The summed E-state index contributed by atoms with van der Waals surface area (Å²) < 4.78 is 29.9. The Morgan fingerprint density at radius 3 is 2.70 bits per heavy atom. The molecule has 1 fully saturated rings. The minimum absolute atomic E-state index is 0.175. The van der Waals surface area contributed by atoms with Crippen LogP contribution in [0.25, 0.3) is 0 Å². The van der Waals surface area contributed by atoms with Gasteiger partial charge in [0.1, 0.15) is 10.7 Å². The van der Waals surface area contributed by atoms with Crippen molar-refractivity contribution in [1.82, 2.24) is 23.6 Å². The zero-order chi connectivity index (χ0) is 14.3. The van der Waals surface area contributed by atoms with E-state index in [4.69, 9.17) is 0 Å². The normalized spacial score (nSPS) is 17.3. The van der Waals surface area contributed by atoms with Crippen molar-refractivity contribution in [3.8, 4) is 0 Å². The van der Waals surface area contributed by atoms with E-state index >= 15 is 0 Å². The fraction of sp³-hybridized carbons (Fsp3) is 0.500. The van der Waals surface area contributed by atoms with Gasteiger partial charge in [0, 0.05) is 38.2 Å². The molecule has 0 radical (unpaired) electrons. The zero-order valence-corrected chi connectivity index (χ0v) is 12.3. The maximum absolute atomic E-state index is 12.4. The van der Waals surface area contributed by atoms with E-state index < -0.39 is 10.0 Å². The Hall–Kier alpha value is -1.67. The van der Waals surface area contributed by atoms with E-state index in [9.17, 15) is 8.42 Å². The van der Waals surface area contributed by atoms with Crippen LogP contribution in [0.2, 0.25) is 0 Å². The average Bonchev–Trinajstić information content (AvgIpc) is 2.97. The van der Waals surface area contributed by atoms with Crippen molar-refractivity contribution in [2.75, 3.05) is 13.1 Å². The fourth-order valence-electron chi connectivity index (χ4n) is 2.36. The highest BCUT2D eigenvalue weighted by Crippen LogP contribution is 2.28. The average molecular weight is 295 g/mol. The van der Waals surface area contributed by atoms with Gasteiger partial charge in [0.15, 0.2) is 0 Å². The molecule has 7 nitrogen and oxygen atoms in total. The molecule has 0 saturated carbocycles. The molecule has 1 aliphatic rings. The van der Waals surface area contributed by atoms with E-state index in [1.165, 1.54) is 10.5 Å². The summed E-state index contributed by atoms with van der Waals surface area (Å²) >= 11 is 0. The van der Waals surface area contributed by atoms with Gasteiger partial charge in [-0.3, -0.25) is 4.68 Å². The van der Waals surface area contributed by atoms with Crippen LogP contribution in [0.15, 0.2) is 29.7 Å². The number of hydrogen-bond donors (Lipinski definition) is 0. The first-order chi connectivity index (χ1) is 9.52. The number of aromatic nitrogens is 4. The quantitative estimate of drug-likeness (QED) is 0.830. The van der Waals surface area contributed by atoms with Gasteiger partial charge >= 0.3 is 0 Å². The van der Waals surface area contributed by atoms with Gasteiger partial charge in [-0.25, -0.2) is 13.4 Å². The van der Waals surface area contributed by atoms with Crippen LogP contribution in [0.1, 0.15) is 18.8 Å². The van der Waals surface area contributed by atoms with Crippen molar-refractivity contribution < 1.29 is 8.42 Å². The Kier molecular flexibility index (Phi) is 3.14. The third-order valence-corrected chi connectivity index (χ3v) is 5.44. The number of imidazole rings is 1. The molecule has 0 bridgehead atoms. The topological polar surface area (TPSA) is 73.0 Å². The van der Waals surface area contributed by atoms with Crippen molar-refractivity contribution >= 4 is 10.0 Å². The van der Waals surface area contributed by atoms with E-state index in [2.05, 4.69) is 10.1 Å². The number of aryl methyl sites for hydroxylation is 2. The molecular formula is C12H17N5O2S. The fourth-order valence-corrected chi connectivity index (χ4v) is 3.83. The molecule has 0 atom stereocenters. The lowest BCUT2D eigenvalue weighted by Crippen LogP contribution is -2.50. The highest BCUT2D eigenvalue weighted by molar-refractivity contribution is 7.89. The summed E-state index contributed by atoms with van der Waals surface area (Å²) in [5.41, 5.74) is 0. The summed E-state index contributed by atoms with van der Waals surface area (Å²) in [5.74, 6) is 0.908. The van der Waals surface area contributed by atoms with E-state index in [-0.39, 0.29) is 10.9 Å². The third kappa shape index (κ3) is 2.04. The number of hydrogen-bond acceptors (Lipinski definition) is 4. The molecule has 1 saturated heterocycles. The van der Waals surface area contributed by atoms with Gasteiger partial charge in [-0.2, -0.15) is 9.40 Å². The second-order valence-corrected chi connectivity index (χ2v) is 6.83. The summed E-state index contributed by atoms with van der Waals surface area (Å²) in [5, 5.41) is 4.02. The first-order valence-electron chi connectivity index (χ1n) is 6.54. The van der Waals surface area contributed by atoms with Crippen molar-refractivity contribution in [3.63, 3.8) is 0 Å². The summed E-state index contributed by atoms with van der Waals surface area (Å²) in [6, 6.07) is 0.175. The number of nitrogens with zero attached hydrogens (tertiary/aromatic N) is 5. The molecule has 3 rings (SSSR count). The molecule has 20 heavy (non-hydrogen) atoms. The second kappa shape index (κ2) is 4.71. The highest BCUT2D eigenvalue weighted by atomic mass is 32.2. The lowest BCUT2D eigenvalue weighted by molar-refractivity contribution is 0.202. The molecule has 0 unspecified atom stereocenters. The van der Waals surface area contributed by atoms with Crippen LogP contribution >= 0.6 is 0 Å². The predicted octanol–water partition coefficient (Wildman–Crippen LogP) is 0.654. The Balaban J connectivity index is 1.74. The first kappa shape index (κ1) is 13.3. The molecule has 8 heteroatoms. The van der Waals surface area contributed by atoms with Gasteiger partial charge in [0.25, 0.3) is 0 Å². The van der Waals surface area contributed by atoms with Gasteiger partial charge < -0.3 is 4.57 Å². The zero-order valence-electron chi connectivity index (χ0n) is 11.5. The van der Waals surface area contributed by atoms with Crippen molar-refractivity contribution in [2.45, 2.75) is 31.3 Å². The van der Waals surface area contributed by atoms with Gasteiger partial charge in [-0.1, -0.05) is 0 Å². The molecule has 108 valence electrons. The highest BCUT2D eigenvalue weighted by Gasteiger charge is 2.38. The maximum Gasteiger partial charge on any atom is 0.246 e. The van der Waals surface area contributed by atoms with Crippen LogP contribution in [0.5, 0.6) is 0 Å². The monoisotopic (exact) mass is 295 g/mol. The molecule has 0 aliphatic carbocycles. The van der Waals surface area contributed by atoms with Crippen molar-refractivity contribution in [2.24, 2.45) is 0 Å². The molecule has 0 amide bonds. The standard InChI is InChI=1S/C12H17N5O2S/c1-3-15-9-12(6-14-15)20(18,19)16-7-11(8-16)17-5-4-13-10(17)2/h4-6,9,11H,3,7-8H2,1-2H3. The molecule has 2 aromatic rings. The Morgan fingerprint density at radius 2 is 2.15 bits per heavy atom. The van der Waals surface area contributed by atoms with E-state index in [1.807, 2.05) is 24.6 Å². The minimum Gasteiger partial charge on any atom is -0.329 e. The Bertz CT molecular complexity index is 712. The third-order valence-electron chi connectivity index (χ3n) is 3.66. The summed E-state index contributed by atoms with van der Waals surface area (Å²) in [6.07, 6.45) is 6.61. The lowest BCUT2D eigenvalue weighted by Gasteiger charge is -2.38.